The van der Waals surface area contributed by atoms with Gasteiger partial charge < -0.3 is 5.11 Å². The molecule has 0 amide bonds. The third kappa shape index (κ3) is 4.54. The molecule has 1 aliphatic rings. The van der Waals surface area contributed by atoms with Gasteiger partial charge in [-0.25, -0.2) is 0 Å². The molecule has 0 aromatic heterocycles. The Labute approximate surface area is 202 Å². The molecule has 174 valence electrons. The SMILES string of the molecule is CC(C)(c1ccccc1)c1cc(N/N=C2/CCC=CC2=N)c(O)c(C(C)(C)c2ccccc2)c1. The van der Waals surface area contributed by atoms with Crippen LogP contribution in [0.15, 0.2) is 90.0 Å². The fourth-order valence-corrected chi connectivity index (χ4v) is 4.48. The first kappa shape index (κ1) is 23.5. The number of phenolic OH excluding ortho intramolecular Hbond substituents is 1. The van der Waals surface area contributed by atoms with Crippen LogP contribution in [0.5, 0.6) is 5.75 Å². The Morgan fingerprint density at radius 2 is 1.41 bits per heavy atom. The fourth-order valence-electron chi connectivity index (χ4n) is 4.48. The van der Waals surface area contributed by atoms with Crippen LogP contribution in [-0.4, -0.2) is 16.5 Å². The Hall–Kier alpha value is -3.66. The topological polar surface area (TPSA) is 68.5 Å². The van der Waals surface area contributed by atoms with E-state index in [1.54, 1.807) is 6.08 Å². The molecule has 0 atom stereocenters. The molecule has 0 heterocycles. The van der Waals surface area contributed by atoms with Gasteiger partial charge in [-0.3, -0.25) is 10.8 Å². The van der Waals surface area contributed by atoms with Gasteiger partial charge in [0.2, 0.25) is 0 Å². The number of rotatable bonds is 6. The Morgan fingerprint density at radius 1 is 0.824 bits per heavy atom. The minimum atomic E-state index is -0.433. The standard InChI is InChI=1S/C30H33N3O/c1-29(2,21-13-7-5-8-14-21)23-19-24(30(3,4)22-15-9-6-10-16-22)28(34)27(20-23)33-32-26-18-12-11-17-25(26)31/h5-11,13-17,19-20,31,33-34H,12,18H2,1-4H3/b31-25?,32-26-. The molecule has 4 heteroatoms. The van der Waals surface area contributed by atoms with Crippen LogP contribution in [0, 0.1) is 5.41 Å². The van der Waals surface area contributed by atoms with Gasteiger partial charge in [-0.15, -0.1) is 0 Å². The van der Waals surface area contributed by atoms with Gasteiger partial charge in [0.15, 0.2) is 0 Å². The maximum absolute atomic E-state index is 11.4. The fraction of sp³-hybridized carbons (Fsp3) is 0.267. The zero-order chi connectivity index (χ0) is 24.3. The van der Waals surface area contributed by atoms with Crippen LogP contribution in [0.4, 0.5) is 5.69 Å². The highest BCUT2D eigenvalue weighted by Crippen LogP contribution is 2.44. The quantitative estimate of drug-likeness (QED) is 0.274. The normalized spacial score (nSPS) is 15.5. The first-order valence-electron chi connectivity index (χ1n) is 11.8. The van der Waals surface area contributed by atoms with Crippen molar-refractivity contribution < 1.29 is 5.11 Å². The highest BCUT2D eigenvalue weighted by molar-refractivity contribution is 6.46. The predicted molar refractivity (Wildman–Crippen MR) is 142 cm³/mol. The first-order chi connectivity index (χ1) is 16.2. The zero-order valence-corrected chi connectivity index (χ0v) is 20.4. The summed E-state index contributed by atoms with van der Waals surface area (Å²) in [4.78, 5) is 0. The highest BCUT2D eigenvalue weighted by Gasteiger charge is 2.32. The predicted octanol–water partition coefficient (Wildman–Crippen LogP) is 7.18. The number of nitrogens with one attached hydrogen (secondary N) is 2. The van der Waals surface area contributed by atoms with Crippen LogP contribution >= 0.6 is 0 Å². The average Bonchev–Trinajstić information content (AvgIpc) is 2.85. The molecule has 4 rings (SSSR count). The molecule has 0 saturated carbocycles. The molecule has 3 aromatic rings. The lowest BCUT2D eigenvalue weighted by molar-refractivity contribution is 0.453. The summed E-state index contributed by atoms with van der Waals surface area (Å²) < 4.78 is 0. The van der Waals surface area contributed by atoms with E-state index in [4.69, 9.17) is 5.41 Å². The van der Waals surface area contributed by atoms with Crippen molar-refractivity contribution in [1.82, 2.24) is 0 Å². The minimum Gasteiger partial charge on any atom is -0.505 e. The van der Waals surface area contributed by atoms with E-state index in [0.717, 1.165) is 23.1 Å². The molecule has 0 aliphatic heterocycles. The van der Waals surface area contributed by atoms with Crippen LogP contribution in [0.2, 0.25) is 0 Å². The van der Waals surface area contributed by atoms with Crippen LogP contribution in [-0.2, 0) is 10.8 Å². The molecule has 0 saturated heterocycles. The number of hydrogen-bond acceptors (Lipinski definition) is 4. The molecular weight excluding hydrogens is 418 g/mol. The van der Waals surface area contributed by atoms with Crippen molar-refractivity contribution in [2.45, 2.75) is 51.4 Å². The molecule has 3 N–H and O–H groups in total. The van der Waals surface area contributed by atoms with Gasteiger partial charge in [-0.1, -0.05) is 101 Å². The third-order valence-corrected chi connectivity index (χ3v) is 6.95. The Kier molecular flexibility index (Phi) is 6.43. The molecule has 0 radical (unpaired) electrons. The first-order valence-corrected chi connectivity index (χ1v) is 11.8. The number of allylic oxidation sites excluding steroid dienone is 2. The summed E-state index contributed by atoms with van der Waals surface area (Å²) in [7, 11) is 0. The van der Waals surface area contributed by atoms with E-state index < -0.39 is 5.41 Å². The smallest absolute Gasteiger partial charge is 0.144 e. The average molecular weight is 452 g/mol. The van der Waals surface area contributed by atoms with E-state index in [9.17, 15) is 5.11 Å². The molecule has 0 bridgehead atoms. The Morgan fingerprint density at radius 3 is 2.00 bits per heavy atom. The van der Waals surface area contributed by atoms with Gasteiger partial charge in [0.25, 0.3) is 0 Å². The molecular formula is C30H33N3O. The van der Waals surface area contributed by atoms with Crippen molar-refractivity contribution in [1.29, 1.82) is 5.41 Å². The number of hydrogen-bond donors (Lipinski definition) is 3. The van der Waals surface area contributed by atoms with Crippen LogP contribution in [0.3, 0.4) is 0 Å². The largest absolute Gasteiger partial charge is 0.505 e. The van der Waals surface area contributed by atoms with E-state index in [2.05, 4.69) is 80.7 Å². The van der Waals surface area contributed by atoms with Crippen molar-refractivity contribution >= 4 is 17.1 Å². The molecule has 4 nitrogen and oxygen atoms in total. The summed E-state index contributed by atoms with van der Waals surface area (Å²) in [6, 6.07) is 24.8. The monoisotopic (exact) mass is 451 g/mol. The lowest BCUT2D eigenvalue weighted by Crippen LogP contribution is -2.24. The van der Waals surface area contributed by atoms with Crippen molar-refractivity contribution in [3.05, 3.63) is 107 Å². The summed E-state index contributed by atoms with van der Waals surface area (Å²) in [5.41, 5.74) is 8.26. The van der Waals surface area contributed by atoms with Crippen LogP contribution in [0.25, 0.3) is 0 Å². The van der Waals surface area contributed by atoms with Crippen LogP contribution in [0.1, 0.15) is 62.8 Å². The van der Waals surface area contributed by atoms with E-state index in [0.29, 0.717) is 23.5 Å². The van der Waals surface area contributed by atoms with Gasteiger partial charge in [0, 0.05) is 16.4 Å². The van der Waals surface area contributed by atoms with Crippen molar-refractivity contribution in [3.63, 3.8) is 0 Å². The summed E-state index contributed by atoms with van der Waals surface area (Å²) in [6.07, 6.45) is 5.34. The van der Waals surface area contributed by atoms with Gasteiger partial charge >= 0.3 is 0 Å². The zero-order valence-electron chi connectivity index (χ0n) is 20.4. The molecule has 3 aromatic carbocycles. The third-order valence-electron chi connectivity index (χ3n) is 6.95. The van der Waals surface area contributed by atoms with Gasteiger partial charge in [0.1, 0.15) is 5.75 Å². The van der Waals surface area contributed by atoms with Gasteiger partial charge in [0.05, 0.1) is 17.1 Å². The molecule has 1 aliphatic carbocycles. The second-order valence-electron chi connectivity index (χ2n) is 9.93. The van der Waals surface area contributed by atoms with E-state index in [1.165, 1.54) is 5.56 Å². The van der Waals surface area contributed by atoms with Crippen molar-refractivity contribution in [2.24, 2.45) is 5.10 Å². The lowest BCUT2D eigenvalue weighted by Gasteiger charge is -2.32. The van der Waals surface area contributed by atoms with E-state index in [-0.39, 0.29) is 11.2 Å². The van der Waals surface area contributed by atoms with E-state index >= 15 is 0 Å². The molecule has 0 unspecified atom stereocenters. The number of anilines is 1. The highest BCUT2D eigenvalue weighted by atomic mass is 16.3. The summed E-state index contributed by atoms with van der Waals surface area (Å²) in [5.74, 6) is 0.184. The Balaban J connectivity index is 1.86. The summed E-state index contributed by atoms with van der Waals surface area (Å²) >= 11 is 0. The van der Waals surface area contributed by atoms with E-state index in [1.807, 2.05) is 36.4 Å². The van der Waals surface area contributed by atoms with Crippen LogP contribution < -0.4 is 5.43 Å². The minimum absolute atomic E-state index is 0.184. The summed E-state index contributed by atoms with van der Waals surface area (Å²) in [5, 5.41) is 24.1. The number of nitrogens with zero attached hydrogens (tertiary/aromatic N) is 1. The molecule has 0 spiro atoms. The van der Waals surface area contributed by atoms with Gasteiger partial charge in [-0.2, -0.15) is 5.10 Å². The van der Waals surface area contributed by atoms with Crippen molar-refractivity contribution in [3.8, 4) is 5.75 Å². The number of benzene rings is 3. The summed E-state index contributed by atoms with van der Waals surface area (Å²) in [6.45, 7) is 8.67. The molecule has 0 fully saturated rings. The Bertz CT molecular complexity index is 1240. The van der Waals surface area contributed by atoms with Crippen molar-refractivity contribution in [2.75, 3.05) is 5.43 Å². The second kappa shape index (κ2) is 9.30. The number of phenols is 1. The maximum Gasteiger partial charge on any atom is 0.144 e. The lowest BCUT2D eigenvalue weighted by atomic mass is 9.72. The number of aromatic hydroxyl groups is 1. The second-order valence-corrected chi connectivity index (χ2v) is 9.93. The maximum atomic E-state index is 11.4. The number of hydrazone groups is 1. The van der Waals surface area contributed by atoms with Gasteiger partial charge in [-0.05, 0) is 41.7 Å². The molecule has 34 heavy (non-hydrogen) atoms.